The Labute approximate surface area is 114 Å². The Morgan fingerprint density at radius 3 is 2.65 bits per heavy atom. The second kappa shape index (κ2) is 5.27. The molecule has 0 radical (unpaired) electrons. The van der Waals surface area contributed by atoms with E-state index in [1.807, 2.05) is 17.5 Å². The molecule has 0 fully saturated rings. The van der Waals surface area contributed by atoms with Crippen molar-refractivity contribution in [2.75, 3.05) is 7.11 Å². The van der Waals surface area contributed by atoms with Crippen LogP contribution in [0.15, 0.2) is 29.6 Å². The number of rotatable bonds is 3. The number of methoxy groups -OCH3 is 1. The molecule has 1 unspecified atom stereocenters. The first-order valence-corrected chi connectivity index (χ1v) is 6.59. The van der Waals surface area contributed by atoms with E-state index in [1.165, 1.54) is 0 Å². The van der Waals surface area contributed by atoms with Crippen molar-refractivity contribution < 1.29 is 4.74 Å². The van der Waals surface area contributed by atoms with Crippen LogP contribution in [-0.2, 0) is 0 Å². The maximum absolute atomic E-state index is 6.18. The number of ether oxygens (including phenoxy) is 1. The number of hydrogen-bond acceptors (Lipinski definition) is 3. The Morgan fingerprint density at radius 2 is 2.00 bits per heavy atom. The summed E-state index contributed by atoms with van der Waals surface area (Å²) in [6.07, 6.45) is 0. The summed E-state index contributed by atoms with van der Waals surface area (Å²) in [7, 11) is 1.63. The lowest BCUT2D eigenvalue weighted by molar-refractivity contribution is 0.411. The highest BCUT2D eigenvalue weighted by Crippen LogP contribution is 2.35. The topological polar surface area (TPSA) is 35.2 Å². The zero-order valence-corrected chi connectivity index (χ0v) is 11.4. The third kappa shape index (κ3) is 2.58. The average molecular weight is 288 g/mol. The molecule has 0 saturated heterocycles. The molecule has 90 valence electrons. The Balaban J connectivity index is 2.36. The number of thiophene rings is 1. The second-order valence-corrected chi connectivity index (χ2v) is 5.27. The van der Waals surface area contributed by atoms with Gasteiger partial charge in [0.25, 0.3) is 0 Å². The van der Waals surface area contributed by atoms with E-state index >= 15 is 0 Å². The van der Waals surface area contributed by atoms with Crippen molar-refractivity contribution in [1.82, 2.24) is 0 Å². The summed E-state index contributed by atoms with van der Waals surface area (Å²) >= 11 is 13.4. The first-order valence-electron chi connectivity index (χ1n) is 4.95. The van der Waals surface area contributed by atoms with Crippen molar-refractivity contribution in [3.05, 3.63) is 50.1 Å². The van der Waals surface area contributed by atoms with Gasteiger partial charge in [0.05, 0.1) is 28.1 Å². The van der Waals surface area contributed by atoms with Crippen LogP contribution in [0, 0.1) is 0 Å². The van der Waals surface area contributed by atoms with E-state index in [1.54, 1.807) is 30.6 Å². The van der Waals surface area contributed by atoms with Crippen LogP contribution in [0.4, 0.5) is 0 Å². The van der Waals surface area contributed by atoms with Gasteiger partial charge >= 0.3 is 0 Å². The fraction of sp³-hybridized carbons (Fsp3) is 0.167. The van der Waals surface area contributed by atoms with E-state index in [4.69, 9.17) is 33.7 Å². The first kappa shape index (κ1) is 12.7. The molecule has 2 N–H and O–H groups in total. The van der Waals surface area contributed by atoms with E-state index in [0.717, 1.165) is 16.2 Å². The molecule has 1 aromatic heterocycles. The summed E-state index contributed by atoms with van der Waals surface area (Å²) in [5.41, 5.74) is 7.10. The van der Waals surface area contributed by atoms with Gasteiger partial charge in [-0.2, -0.15) is 0 Å². The highest BCUT2D eigenvalue weighted by Gasteiger charge is 2.16. The average Bonchev–Trinajstić information content (AvgIpc) is 2.80. The van der Waals surface area contributed by atoms with Crippen LogP contribution in [0.2, 0.25) is 10.0 Å². The fourth-order valence-corrected chi connectivity index (χ4v) is 2.76. The van der Waals surface area contributed by atoms with Gasteiger partial charge in [-0.3, -0.25) is 0 Å². The molecule has 0 aliphatic carbocycles. The van der Waals surface area contributed by atoms with Gasteiger partial charge in [-0.15, -0.1) is 11.3 Å². The van der Waals surface area contributed by atoms with Gasteiger partial charge in [0.2, 0.25) is 0 Å². The van der Waals surface area contributed by atoms with Crippen molar-refractivity contribution >= 4 is 34.5 Å². The minimum Gasteiger partial charge on any atom is -0.496 e. The highest BCUT2D eigenvalue weighted by atomic mass is 35.5. The molecule has 0 bridgehead atoms. The smallest absolute Gasteiger partial charge is 0.134 e. The van der Waals surface area contributed by atoms with Crippen molar-refractivity contribution in [2.45, 2.75) is 6.04 Å². The summed E-state index contributed by atoms with van der Waals surface area (Å²) in [4.78, 5) is 0.978. The number of halogens is 2. The van der Waals surface area contributed by atoms with Crippen LogP contribution >= 0.6 is 34.5 Å². The highest BCUT2D eigenvalue weighted by molar-refractivity contribution is 7.10. The van der Waals surface area contributed by atoms with Gasteiger partial charge in [-0.25, -0.2) is 0 Å². The van der Waals surface area contributed by atoms with Crippen molar-refractivity contribution in [3.63, 3.8) is 0 Å². The molecular formula is C12H11Cl2NOS. The predicted octanol–water partition coefficient (Wildman–Crippen LogP) is 4.11. The molecular weight excluding hydrogens is 277 g/mol. The normalized spacial score (nSPS) is 12.5. The number of benzene rings is 1. The largest absolute Gasteiger partial charge is 0.496 e. The third-order valence-electron chi connectivity index (χ3n) is 2.46. The van der Waals surface area contributed by atoms with Crippen LogP contribution in [0.3, 0.4) is 0 Å². The third-order valence-corrected chi connectivity index (χ3v) is 4.18. The minimum atomic E-state index is -0.250. The molecule has 2 rings (SSSR count). The molecule has 1 aromatic carbocycles. The van der Waals surface area contributed by atoms with Gasteiger partial charge in [0, 0.05) is 0 Å². The molecule has 0 saturated carbocycles. The molecule has 0 aliphatic heterocycles. The molecule has 0 aliphatic rings. The van der Waals surface area contributed by atoms with Gasteiger partial charge < -0.3 is 10.5 Å². The van der Waals surface area contributed by atoms with Gasteiger partial charge in [-0.1, -0.05) is 29.3 Å². The van der Waals surface area contributed by atoms with E-state index in [-0.39, 0.29) is 6.04 Å². The molecule has 1 heterocycles. The number of nitrogens with two attached hydrogens (primary N) is 1. The second-order valence-electron chi connectivity index (χ2n) is 3.50. The van der Waals surface area contributed by atoms with Crippen LogP contribution in [0.1, 0.15) is 16.5 Å². The molecule has 1 atom stereocenters. The van der Waals surface area contributed by atoms with Crippen LogP contribution in [-0.4, -0.2) is 7.11 Å². The van der Waals surface area contributed by atoms with Crippen LogP contribution in [0.25, 0.3) is 0 Å². The standard InChI is InChI=1S/C12H11Cl2NOS/c1-16-10-4-5-17-12(10)11(15)7-2-3-8(13)9(14)6-7/h2-6,11H,15H2,1H3. The Hall–Kier alpha value is -0.740. The van der Waals surface area contributed by atoms with E-state index in [9.17, 15) is 0 Å². The van der Waals surface area contributed by atoms with Crippen molar-refractivity contribution in [3.8, 4) is 5.75 Å². The first-order chi connectivity index (χ1) is 8.13. The zero-order valence-electron chi connectivity index (χ0n) is 9.11. The SMILES string of the molecule is COc1ccsc1C(N)c1ccc(Cl)c(Cl)c1. The Kier molecular flexibility index (Phi) is 3.94. The summed E-state index contributed by atoms with van der Waals surface area (Å²) in [5, 5.41) is 2.99. The minimum absolute atomic E-state index is 0.250. The quantitative estimate of drug-likeness (QED) is 0.922. The summed E-state index contributed by atoms with van der Waals surface area (Å²) in [6, 6.07) is 7.06. The fourth-order valence-electron chi connectivity index (χ4n) is 1.56. The van der Waals surface area contributed by atoms with Crippen molar-refractivity contribution in [1.29, 1.82) is 0 Å². The lowest BCUT2D eigenvalue weighted by atomic mass is 10.1. The molecule has 2 nitrogen and oxygen atoms in total. The van der Waals surface area contributed by atoms with Crippen molar-refractivity contribution in [2.24, 2.45) is 5.73 Å². The van der Waals surface area contributed by atoms with Crippen LogP contribution in [0.5, 0.6) is 5.75 Å². The molecule has 0 amide bonds. The summed E-state index contributed by atoms with van der Waals surface area (Å²) in [5.74, 6) is 0.800. The van der Waals surface area contributed by atoms with Gasteiger partial charge in [-0.05, 0) is 29.1 Å². The van der Waals surface area contributed by atoms with E-state index in [0.29, 0.717) is 10.0 Å². The summed E-state index contributed by atoms with van der Waals surface area (Å²) in [6.45, 7) is 0. The van der Waals surface area contributed by atoms with E-state index < -0.39 is 0 Å². The lowest BCUT2D eigenvalue weighted by Gasteiger charge is -2.13. The zero-order chi connectivity index (χ0) is 12.4. The van der Waals surface area contributed by atoms with E-state index in [2.05, 4.69) is 0 Å². The lowest BCUT2D eigenvalue weighted by Crippen LogP contribution is -2.11. The molecule has 17 heavy (non-hydrogen) atoms. The molecule has 2 aromatic rings. The Bertz CT molecular complexity index is 527. The predicted molar refractivity (Wildman–Crippen MR) is 73.4 cm³/mol. The van der Waals surface area contributed by atoms with Gasteiger partial charge in [0.15, 0.2) is 0 Å². The monoisotopic (exact) mass is 287 g/mol. The summed E-state index contributed by atoms with van der Waals surface area (Å²) < 4.78 is 5.25. The maximum Gasteiger partial charge on any atom is 0.134 e. The molecule has 0 spiro atoms. The number of hydrogen-bond donors (Lipinski definition) is 1. The molecule has 5 heteroatoms. The van der Waals surface area contributed by atoms with Gasteiger partial charge in [0.1, 0.15) is 5.75 Å². The Morgan fingerprint density at radius 1 is 1.24 bits per heavy atom. The maximum atomic E-state index is 6.18. The van der Waals surface area contributed by atoms with Crippen LogP contribution < -0.4 is 10.5 Å².